The third-order valence-corrected chi connectivity index (χ3v) is 6.42. The smallest absolute Gasteiger partial charge is 0.366 e. The molecule has 3 amide bonds. The number of carbonyl (C=O) groups is 3. The highest BCUT2D eigenvalue weighted by molar-refractivity contribution is 7.14. The fourth-order valence-electron chi connectivity index (χ4n) is 3.69. The molecular formula is C27H21F3N4O3S. The average Bonchev–Trinajstić information content (AvgIpc) is 3.36. The number of carbonyl (C=O) groups excluding carboxylic acids is 3. The molecule has 0 spiro atoms. The van der Waals surface area contributed by atoms with E-state index in [0.717, 1.165) is 12.1 Å². The SMILES string of the molecule is NCC(=O)Nc1cc(-c2ccc(C(=O)Nc3sccc3C(N)=O)cc2)cc(-c2ccc(C(F)(F)F)cc2)c1. The summed E-state index contributed by atoms with van der Waals surface area (Å²) in [5.41, 5.74) is 13.3. The number of primary amides is 1. The minimum Gasteiger partial charge on any atom is -0.366 e. The van der Waals surface area contributed by atoms with Gasteiger partial charge in [0.1, 0.15) is 5.00 Å². The van der Waals surface area contributed by atoms with E-state index in [4.69, 9.17) is 11.5 Å². The van der Waals surface area contributed by atoms with Crippen molar-refractivity contribution in [2.45, 2.75) is 6.18 Å². The third-order valence-electron chi connectivity index (χ3n) is 5.59. The Labute approximate surface area is 219 Å². The normalized spacial score (nSPS) is 11.2. The number of amides is 3. The fraction of sp³-hybridized carbons (Fsp3) is 0.0741. The van der Waals surface area contributed by atoms with Crippen LogP contribution in [0.4, 0.5) is 23.9 Å². The number of nitrogens with one attached hydrogen (secondary N) is 2. The lowest BCUT2D eigenvalue weighted by molar-refractivity contribution is -0.137. The molecule has 0 fully saturated rings. The first kappa shape index (κ1) is 26.6. The van der Waals surface area contributed by atoms with E-state index < -0.39 is 29.5 Å². The number of hydrogen-bond donors (Lipinski definition) is 4. The van der Waals surface area contributed by atoms with Gasteiger partial charge in [0.15, 0.2) is 0 Å². The van der Waals surface area contributed by atoms with Crippen molar-refractivity contribution in [1.29, 1.82) is 0 Å². The van der Waals surface area contributed by atoms with Crippen LogP contribution in [0.2, 0.25) is 0 Å². The molecule has 11 heteroatoms. The Morgan fingerprint density at radius 2 is 1.37 bits per heavy atom. The Bertz CT molecular complexity index is 1500. The van der Waals surface area contributed by atoms with E-state index >= 15 is 0 Å². The van der Waals surface area contributed by atoms with Crippen LogP contribution >= 0.6 is 11.3 Å². The van der Waals surface area contributed by atoms with Crippen LogP contribution < -0.4 is 22.1 Å². The molecule has 1 aromatic heterocycles. The van der Waals surface area contributed by atoms with Gasteiger partial charge in [0.05, 0.1) is 17.7 Å². The lowest BCUT2D eigenvalue weighted by atomic mass is 9.96. The molecule has 0 unspecified atom stereocenters. The van der Waals surface area contributed by atoms with E-state index in [-0.39, 0.29) is 12.1 Å². The second-order valence-corrected chi connectivity index (χ2v) is 9.10. The third kappa shape index (κ3) is 6.07. The van der Waals surface area contributed by atoms with Crippen LogP contribution in [0.15, 0.2) is 78.2 Å². The van der Waals surface area contributed by atoms with Gasteiger partial charge < -0.3 is 22.1 Å². The van der Waals surface area contributed by atoms with Crippen molar-refractivity contribution in [3.63, 3.8) is 0 Å². The topological polar surface area (TPSA) is 127 Å². The van der Waals surface area contributed by atoms with Crippen LogP contribution in [0.1, 0.15) is 26.3 Å². The Kier molecular flexibility index (Phi) is 7.60. The van der Waals surface area contributed by atoms with Crippen molar-refractivity contribution in [3.8, 4) is 22.3 Å². The zero-order valence-electron chi connectivity index (χ0n) is 19.6. The lowest BCUT2D eigenvalue weighted by Gasteiger charge is -2.13. The number of hydrogen-bond acceptors (Lipinski definition) is 5. The molecule has 0 aliphatic carbocycles. The van der Waals surface area contributed by atoms with E-state index in [1.807, 2.05) is 0 Å². The monoisotopic (exact) mass is 538 g/mol. The maximum Gasteiger partial charge on any atom is 0.416 e. The first-order chi connectivity index (χ1) is 18.0. The number of benzene rings is 3. The Balaban J connectivity index is 1.64. The number of rotatable bonds is 7. The van der Waals surface area contributed by atoms with Gasteiger partial charge in [0.25, 0.3) is 11.8 Å². The summed E-state index contributed by atoms with van der Waals surface area (Å²) in [6, 6.07) is 17.9. The largest absolute Gasteiger partial charge is 0.416 e. The molecular weight excluding hydrogens is 517 g/mol. The zero-order valence-corrected chi connectivity index (χ0v) is 20.5. The minimum atomic E-state index is -4.46. The van der Waals surface area contributed by atoms with Crippen LogP contribution in [0.3, 0.4) is 0 Å². The summed E-state index contributed by atoms with van der Waals surface area (Å²) < 4.78 is 39.0. The van der Waals surface area contributed by atoms with Gasteiger partial charge in [-0.3, -0.25) is 14.4 Å². The van der Waals surface area contributed by atoms with Crippen molar-refractivity contribution < 1.29 is 27.6 Å². The highest BCUT2D eigenvalue weighted by Crippen LogP contribution is 2.34. The Hall–Kier alpha value is -4.48. The van der Waals surface area contributed by atoms with Crippen molar-refractivity contribution in [2.75, 3.05) is 17.2 Å². The van der Waals surface area contributed by atoms with E-state index in [9.17, 15) is 27.6 Å². The van der Waals surface area contributed by atoms with Crippen molar-refractivity contribution >= 4 is 39.7 Å². The van der Waals surface area contributed by atoms with E-state index in [2.05, 4.69) is 10.6 Å². The summed E-state index contributed by atoms with van der Waals surface area (Å²) >= 11 is 1.17. The van der Waals surface area contributed by atoms with Crippen molar-refractivity contribution in [3.05, 3.63) is 94.9 Å². The van der Waals surface area contributed by atoms with Gasteiger partial charge in [0.2, 0.25) is 5.91 Å². The molecule has 0 radical (unpaired) electrons. The van der Waals surface area contributed by atoms with Crippen LogP contribution in [0.5, 0.6) is 0 Å². The lowest BCUT2D eigenvalue weighted by Crippen LogP contribution is -2.21. The molecule has 0 saturated carbocycles. The Morgan fingerprint density at radius 3 is 1.89 bits per heavy atom. The molecule has 3 aromatic carbocycles. The summed E-state index contributed by atoms with van der Waals surface area (Å²) in [5, 5.41) is 7.33. The van der Waals surface area contributed by atoms with E-state index in [1.165, 1.54) is 29.5 Å². The molecule has 0 saturated heterocycles. The number of nitrogens with two attached hydrogens (primary N) is 2. The van der Waals surface area contributed by atoms with E-state index in [0.29, 0.717) is 38.5 Å². The number of anilines is 2. The predicted octanol–water partition coefficient (Wildman–Crippen LogP) is 5.35. The first-order valence-electron chi connectivity index (χ1n) is 11.2. The van der Waals surface area contributed by atoms with Crippen LogP contribution in [-0.4, -0.2) is 24.3 Å². The maximum atomic E-state index is 13.0. The fourth-order valence-corrected chi connectivity index (χ4v) is 4.47. The van der Waals surface area contributed by atoms with Gasteiger partial charge in [-0.1, -0.05) is 24.3 Å². The maximum absolute atomic E-state index is 13.0. The molecule has 6 N–H and O–H groups in total. The average molecular weight is 539 g/mol. The van der Waals surface area contributed by atoms with Crippen LogP contribution in [0.25, 0.3) is 22.3 Å². The van der Waals surface area contributed by atoms with Crippen LogP contribution in [0, 0.1) is 0 Å². The molecule has 0 atom stereocenters. The molecule has 0 aliphatic heterocycles. The molecule has 0 bridgehead atoms. The summed E-state index contributed by atoms with van der Waals surface area (Å²) in [6.07, 6.45) is -4.46. The second kappa shape index (κ2) is 10.9. The van der Waals surface area contributed by atoms with Crippen molar-refractivity contribution in [1.82, 2.24) is 0 Å². The molecule has 4 aromatic rings. The molecule has 38 heavy (non-hydrogen) atoms. The number of alkyl halides is 3. The van der Waals surface area contributed by atoms with Gasteiger partial charge >= 0.3 is 6.18 Å². The molecule has 4 rings (SSSR count). The second-order valence-electron chi connectivity index (χ2n) is 8.19. The van der Waals surface area contributed by atoms with Gasteiger partial charge in [-0.15, -0.1) is 11.3 Å². The van der Waals surface area contributed by atoms with Gasteiger partial charge in [-0.05, 0) is 76.2 Å². The minimum absolute atomic E-state index is 0.215. The quantitative estimate of drug-likeness (QED) is 0.253. The molecule has 7 nitrogen and oxygen atoms in total. The van der Waals surface area contributed by atoms with Gasteiger partial charge in [0, 0.05) is 11.3 Å². The first-order valence-corrected chi connectivity index (χ1v) is 12.0. The van der Waals surface area contributed by atoms with Gasteiger partial charge in [-0.25, -0.2) is 0 Å². The van der Waals surface area contributed by atoms with Gasteiger partial charge in [-0.2, -0.15) is 13.2 Å². The van der Waals surface area contributed by atoms with Crippen LogP contribution in [-0.2, 0) is 11.0 Å². The zero-order chi connectivity index (χ0) is 27.4. The Morgan fingerprint density at radius 1 is 0.789 bits per heavy atom. The molecule has 0 aliphatic rings. The highest BCUT2D eigenvalue weighted by atomic mass is 32.1. The molecule has 1 heterocycles. The number of halogens is 3. The predicted molar refractivity (Wildman–Crippen MR) is 141 cm³/mol. The summed E-state index contributed by atoms with van der Waals surface area (Å²) in [4.78, 5) is 36.1. The summed E-state index contributed by atoms with van der Waals surface area (Å²) in [7, 11) is 0. The molecule has 194 valence electrons. The standard InChI is InChI=1S/C27H21F3N4O3S/c28-27(29,30)20-7-5-16(6-8-20)19-11-18(12-21(13-19)33-23(35)14-31)15-1-3-17(4-2-15)25(37)34-26-22(24(32)36)9-10-38-26/h1-13H,14,31H2,(H2,32,36)(H,33,35)(H,34,37). The van der Waals surface area contributed by atoms with E-state index in [1.54, 1.807) is 47.8 Å². The number of thiophene rings is 1. The highest BCUT2D eigenvalue weighted by Gasteiger charge is 2.30. The summed E-state index contributed by atoms with van der Waals surface area (Å²) in [6.45, 7) is -0.245. The van der Waals surface area contributed by atoms with Crippen molar-refractivity contribution in [2.24, 2.45) is 11.5 Å². The summed E-state index contributed by atoms with van der Waals surface area (Å²) in [5.74, 6) is -1.52.